The highest BCUT2D eigenvalue weighted by Crippen LogP contribution is 2.28. The van der Waals surface area contributed by atoms with E-state index in [-0.39, 0.29) is 18.4 Å². The van der Waals surface area contributed by atoms with Gasteiger partial charge in [-0.15, -0.1) is 0 Å². The maximum absolute atomic E-state index is 13.1. The van der Waals surface area contributed by atoms with Crippen LogP contribution in [0.15, 0.2) is 66.4 Å². The zero-order valence-corrected chi connectivity index (χ0v) is 16.7. The Morgan fingerprint density at radius 2 is 1.80 bits per heavy atom. The number of ether oxygens (including phenoxy) is 1. The van der Waals surface area contributed by atoms with Crippen molar-refractivity contribution in [1.29, 1.82) is 0 Å². The van der Waals surface area contributed by atoms with E-state index in [4.69, 9.17) is 4.74 Å². The van der Waals surface area contributed by atoms with Gasteiger partial charge in [-0.3, -0.25) is 14.5 Å². The Morgan fingerprint density at radius 3 is 2.47 bits per heavy atom. The minimum Gasteiger partial charge on any atom is -0.497 e. The molecule has 0 radical (unpaired) electrons. The van der Waals surface area contributed by atoms with E-state index in [1.54, 1.807) is 49.5 Å². The van der Waals surface area contributed by atoms with Crippen LogP contribution in [0.25, 0.3) is 0 Å². The van der Waals surface area contributed by atoms with Gasteiger partial charge in [-0.2, -0.15) is 0 Å². The molecule has 4 rings (SSSR count). The lowest BCUT2D eigenvalue weighted by molar-refractivity contribution is -0.134. The second-order valence-electron chi connectivity index (χ2n) is 7.21. The first kappa shape index (κ1) is 19.5. The topological polar surface area (TPSA) is 91.0 Å². The molecular weight excluding hydrogens is 384 g/mol. The molecule has 0 aliphatic carbocycles. The molecule has 1 fully saturated rings. The van der Waals surface area contributed by atoms with Crippen molar-refractivity contribution in [3.8, 4) is 5.75 Å². The number of urea groups is 1. The number of methoxy groups -OCH3 is 1. The Kier molecular flexibility index (Phi) is 5.14. The van der Waals surface area contributed by atoms with Gasteiger partial charge in [0.2, 0.25) is 0 Å². The number of hydrogen-bond acceptors (Lipinski definition) is 5. The number of hydrogen-bond donors (Lipinski definition) is 2. The largest absolute Gasteiger partial charge is 0.497 e. The first-order chi connectivity index (χ1) is 14.5. The zero-order valence-electron chi connectivity index (χ0n) is 16.7. The number of carbonyl (C=O) groups is 3. The Balaban J connectivity index is 1.49. The molecule has 8 nitrogen and oxygen atoms in total. The summed E-state index contributed by atoms with van der Waals surface area (Å²) in [4.78, 5) is 41.4. The first-order valence-electron chi connectivity index (χ1n) is 9.53. The second-order valence-corrected chi connectivity index (χ2v) is 7.21. The molecule has 2 aromatic carbocycles. The summed E-state index contributed by atoms with van der Waals surface area (Å²) in [7, 11) is 3.29. The molecule has 30 heavy (non-hydrogen) atoms. The van der Waals surface area contributed by atoms with Gasteiger partial charge in [0.05, 0.1) is 25.3 Å². The number of carbonyl (C=O) groups excluding carboxylic acids is 3. The molecule has 2 atom stereocenters. The van der Waals surface area contributed by atoms with Crippen LogP contribution in [0.2, 0.25) is 0 Å². The third-order valence-corrected chi connectivity index (χ3v) is 5.27. The van der Waals surface area contributed by atoms with Crippen molar-refractivity contribution < 1.29 is 19.1 Å². The fraction of sp³-hybridized carbons (Fsp3) is 0.227. The zero-order chi connectivity index (χ0) is 21.3. The summed E-state index contributed by atoms with van der Waals surface area (Å²) in [5, 5.41) is 5.62. The highest BCUT2D eigenvalue weighted by atomic mass is 16.5. The molecule has 1 saturated heterocycles. The number of anilines is 1. The van der Waals surface area contributed by atoms with Gasteiger partial charge in [-0.1, -0.05) is 30.3 Å². The minimum absolute atomic E-state index is 0.177. The van der Waals surface area contributed by atoms with Crippen LogP contribution in [0.5, 0.6) is 5.75 Å². The van der Waals surface area contributed by atoms with E-state index in [0.717, 1.165) is 5.56 Å². The van der Waals surface area contributed by atoms with Crippen molar-refractivity contribution in [2.45, 2.75) is 18.6 Å². The highest BCUT2D eigenvalue weighted by Gasteiger charge is 2.49. The Bertz CT molecular complexity index is 1000. The molecule has 2 aromatic rings. The summed E-state index contributed by atoms with van der Waals surface area (Å²) in [6.45, 7) is 0.177. The van der Waals surface area contributed by atoms with Crippen LogP contribution in [-0.2, 0) is 16.1 Å². The molecule has 2 unspecified atom stereocenters. The van der Waals surface area contributed by atoms with Gasteiger partial charge < -0.3 is 20.3 Å². The van der Waals surface area contributed by atoms with Crippen LogP contribution in [0.3, 0.4) is 0 Å². The number of likely N-dealkylation sites (N-methyl/N-ethyl adjacent to an activating group) is 1. The van der Waals surface area contributed by atoms with E-state index in [9.17, 15) is 14.4 Å². The summed E-state index contributed by atoms with van der Waals surface area (Å²) in [6.07, 6.45) is 1.61. The predicted molar refractivity (Wildman–Crippen MR) is 111 cm³/mol. The van der Waals surface area contributed by atoms with Crippen LogP contribution in [0.1, 0.15) is 5.56 Å². The highest BCUT2D eigenvalue weighted by molar-refractivity contribution is 6.09. The third-order valence-electron chi connectivity index (χ3n) is 5.27. The SMILES string of the molecule is COc1ccc(NC(=O)C2=CN(C)C3C(=O)N(Cc4ccccc4)C(=O)NC23)cc1. The summed E-state index contributed by atoms with van der Waals surface area (Å²) in [6, 6.07) is 14.3. The van der Waals surface area contributed by atoms with Gasteiger partial charge in [0.25, 0.3) is 11.8 Å². The average molecular weight is 406 g/mol. The molecule has 2 aliphatic rings. The number of benzene rings is 2. The fourth-order valence-electron chi connectivity index (χ4n) is 3.72. The lowest BCUT2D eigenvalue weighted by Gasteiger charge is -2.37. The molecule has 0 saturated carbocycles. The van der Waals surface area contributed by atoms with Gasteiger partial charge in [0, 0.05) is 18.9 Å². The van der Waals surface area contributed by atoms with Gasteiger partial charge in [-0.05, 0) is 29.8 Å². The number of amides is 4. The number of rotatable bonds is 5. The van der Waals surface area contributed by atoms with E-state index in [2.05, 4.69) is 10.6 Å². The van der Waals surface area contributed by atoms with Gasteiger partial charge in [-0.25, -0.2) is 4.79 Å². The van der Waals surface area contributed by atoms with Crippen LogP contribution in [-0.4, -0.2) is 53.9 Å². The summed E-state index contributed by atoms with van der Waals surface area (Å²) in [5.74, 6) is -0.0285. The molecule has 2 N–H and O–H groups in total. The summed E-state index contributed by atoms with van der Waals surface area (Å²) in [5.41, 5.74) is 1.77. The second kappa shape index (κ2) is 7.90. The Morgan fingerprint density at radius 1 is 1.10 bits per heavy atom. The van der Waals surface area contributed by atoms with E-state index >= 15 is 0 Å². The van der Waals surface area contributed by atoms with Crippen molar-refractivity contribution in [3.63, 3.8) is 0 Å². The summed E-state index contributed by atoms with van der Waals surface area (Å²) < 4.78 is 5.11. The lowest BCUT2D eigenvalue weighted by atomic mass is 9.99. The van der Waals surface area contributed by atoms with Crippen LogP contribution in [0, 0.1) is 0 Å². The average Bonchev–Trinajstić information content (AvgIpc) is 3.08. The van der Waals surface area contributed by atoms with Crippen molar-refractivity contribution in [1.82, 2.24) is 15.1 Å². The molecule has 0 bridgehead atoms. The molecule has 8 heteroatoms. The number of nitrogens with zero attached hydrogens (tertiary/aromatic N) is 2. The van der Waals surface area contributed by atoms with Crippen LogP contribution in [0.4, 0.5) is 10.5 Å². The van der Waals surface area contributed by atoms with Crippen molar-refractivity contribution in [3.05, 3.63) is 71.9 Å². The van der Waals surface area contributed by atoms with Crippen molar-refractivity contribution in [2.75, 3.05) is 19.5 Å². The Hall–Kier alpha value is -3.81. The van der Waals surface area contributed by atoms with Crippen molar-refractivity contribution in [2.24, 2.45) is 0 Å². The van der Waals surface area contributed by atoms with E-state index < -0.39 is 18.1 Å². The normalized spacial score (nSPS) is 20.4. The van der Waals surface area contributed by atoms with Crippen LogP contribution >= 0.6 is 0 Å². The number of fused-ring (bicyclic) bond motifs is 1. The monoisotopic (exact) mass is 406 g/mol. The molecular formula is C22H22N4O4. The molecule has 4 amide bonds. The smallest absolute Gasteiger partial charge is 0.325 e. The van der Waals surface area contributed by atoms with Crippen LogP contribution < -0.4 is 15.4 Å². The third kappa shape index (κ3) is 3.59. The van der Waals surface area contributed by atoms with E-state index in [1.165, 1.54) is 4.90 Å². The number of imide groups is 1. The summed E-state index contributed by atoms with van der Waals surface area (Å²) >= 11 is 0. The molecule has 154 valence electrons. The first-order valence-corrected chi connectivity index (χ1v) is 9.53. The molecule has 2 heterocycles. The molecule has 0 spiro atoms. The lowest BCUT2D eigenvalue weighted by Crippen LogP contribution is -2.64. The molecule has 2 aliphatic heterocycles. The predicted octanol–water partition coefficient (Wildman–Crippen LogP) is 1.95. The number of nitrogens with one attached hydrogen (secondary N) is 2. The molecule has 0 aromatic heterocycles. The quantitative estimate of drug-likeness (QED) is 0.792. The minimum atomic E-state index is -0.708. The van der Waals surface area contributed by atoms with Gasteiger partial charge in [0.1, 0.15) is 11.8 Å². The van der Waals surface area contributed by atoms with E-state index in [1.807, 2.05) is 30.3 Å². The van der Waals surface area contributed by atoms with Gasteiger partial charge >= 0.3 is 6.03 Å². The standard InChI is InChI=1S/C22H22N4O4/c1-25-13-17(20(27)23-15-8-10-16(30-2)11-9-15)18-19(25)21(28)26(22(29)24-18)12-14-6-4-3-5-7-14/h3-11,13,18-19H,12H2,1-2H3,(H,23,27)(H,24,29). The Labute approximate surface area is 174 Å². The fourth-order valence-corrected chi connectivity index (χ4v) is 3.72. The van der Waals surface area contributed by atoms with Gasteiger partial charge in [0.15, 0.2) is 0 Å². The maximum atomic E-state index is 13.1. The maximum Gasteiger partial charge on any atom is 0.325 e. The van der Waals surface area contributed by atoms with E-state index in [0.29, 0.717) is 17.0 Å². The van der Waals surface area contributed by atoms with Crippen molar-refractivity contribution >= 4 is 23.5 Å².